The minimum Gasteiger partial charge on any atom is -0.352 e. The van der Waals surface area contributed by atoms with E-state index in [4.69, 9.17) is 5.73 Å². The molecule has 0 aromatic carbocycles. The second-order valence-electron chi connectivity index (χ2n) is 5.20. The third-order valence-corrected chi connectivity index (χ3v) is 3.73. The summed E-state index contributed by atoms with van der Waals surface area (Å²) in [5, 5.41) is 3.07. The van der Waals surface area contributed by atoms with Crippen LogP contribution in [0.1, 0.15) is 32.6 Å². The maximum Gasteiger partial charge on any atom is 0.237 e. The summed E-state index contributed by atoms with van der Waals surface area (Å²) in [6.45, 7) is 4.77. The number of piperidine rings is 1. The van der Waals surface area contributed by atoms with Crippen LogP contribution in [0, 0.1) is 5.92 Å². The predicted molar refractivity (Wildman–Crippen MR) is 71.2 cm³/mol. The fourth-order valence-corrected chi connectivity index (χ4v) is 2.36. The third-order valence-electron chi connectivity index (χ3n) is 3.73. The molecule has 1 saturated heterocycles. The van der Waals surface area contributed by atoms with Gasteiger partial charge in [0.15, 0.2) is 0 Å². The lowest BCUT2D eigenvalue weighted by Crippen LogP contribution is -2.50. The number of hydrogen-bond acceptors (Lipinski definition) is 3. The van der Waals surface area contributed by atoms with Crippen molar-refractivity contribution in [2.45, 2.75) is 44.7 Å². The summed E-state index contributed by atoms with van der Waals surface area (Å²) >= 11 is 0. The number of nitrogens with zero attached hydrogens (tertiary/aromatic N) is 1. The highest BCUT2D eigenvalue weighted by Crippen LogP contribution is 2.21. The molecule has 1 heterocycles. The molecule has 1 aliphatic carbocycles. The molecule has 2 rings (SSSR count). The molecule has 100 valence electrons. The van der Waals surface area contributed by atoms with E-state index in [-0.39, 0.29) is 24.4 Å². The van der Waals surface area contributed by atoms with Crippen LogP contribution in [0.15, 0.2) is 0 Å². The zero-order chi connectivity index (χ0) is 11.5. The first-order valence-corrected chi connectivity index (χ1v) is 6.45. The highest BCUT2D eigenvalue weighted by molar-refractivity contribution is 5.85. The summed E-state index contributed by atoms with van der Waals surface area (Å²) in [5.74, 6) is 0.769. The van der Waals surface area contributed by atoms with Crippen LogP contribution in [-0.2, 0) is 4.79 Å². The molecule has 5 heteroatoms. The summed E-state index contributed by atoms with van der Waals surface area (Å²) in [7, 11) is 0. The van der Waals surface area contributed by atoms with Gasteiger partial charge in [-0.1, -0.05) is 0 Å². The van der Waals surface area contributed by atoms with E-state index in [0.717, 1.165) is 32.5 Å². The first kappa shape index (κ1) is 14.7. The van der Waals surface area contributed by atoms with Gasteiger partial charge < -0.3 is 11.1 Å². The van der Waals surface area contributed by atoms with E-state index in [1.807, 2.05) is 6.92 Å². The molecular weight excluding hydrogens is 238 g/mol. The third kappa shape index (κ3) is 4.12. The minimum absolute atomic E-state index is 0. The van der Waals surface area contributed by atoms with Gasteiger partial charge in [-0.25, -0.2) is 0 Å². The van der Waals surface area contributed by atoms with Gasteiger partial charge in [0.2, 0.25) is 5.91 Å². The van der Waals surface area contributed by atoms with Crippen molar-refractivity contribution in [2.75, 3.05) is 19.6 Å². The Morgan fingerprint density at radius 3 is 2.76 bits per heavy atom. The Labute approximate surface area is 110 Å². The maximum absolute atomic E-state index is 11.9. The van der Waals surface area contributed by atoms with Crippen molar-refractivity contribution in [3.8, 4) is 0 Å². The van der Waals surface area contributed by atoms with E-state index in [1.54, 1.807) is 0 Å². The molecule has 1 amide bonds. The Balaban J connectivity index is 0.00000144. The second kappa shape index (κ2) is 6.57. The Bertz CT molecular complexity index is 258. The van der Waals surface area contributed by atoms with Gasteiger partial charge in [-0.2, -0.15) is 0 Å². The number of rotatable bonds is 4. The average Bonchev–Trinajstić information content (AvgIpc) is 3.12. The number of amides is 1. The fraction of sp³-hybridized carbons (Fsp3) is 0.917. The molecule has 2 unspecified atom stereocenters. The quantitative estimate of drug-likeness (QED) is 0.785. The van der Waals surface area contributed by atoms with Crippen molar-refractivity contribution in [3.63, 3.8) is 0 Å². The van der Waals surface area contributed by atoms with Crippen molar-refractivity contribution in [3.05, 3.63) is 0 Å². The topological polar surface area (TPSA) is 58.4 Å². The van der Waals surface area contributed by atoms with Gasteiger partial charge in [-0.15, -0.1) is 12.4 Å². The van der Waals surface area contributed by atoms with Gasteiger partial charge >= 0.3 is 0 Å². The van der Waals surface area contributed by atoms with Crippen LogP contribution in [0.25, 0.3) is 0 Å². The monoisotopic (exact) mass is 261 g/mol. The first-order chi connectivity index (χ1) is 7.70. The van der Waals surface area contributed by atoms with E-state index >= 15 is 0 Å². The number of nitrogens with two attached hydrogens (primary N) is 1. The molecule has 17 heavy (non-hydrogen) atoms. The van der Waals surface area contributed by atoms with Gasteiger partial charge in [-0.3, -0.25) is 9.69 Å². The van der Waals surface area contributed by atoms with Gasteiger partial charge in [-0.05, 0) is 51.6 Å². The largest absolute Gasteiger partial charge is 0.352 e. The van der Waals surface area contributed by atoms with Crippen molar-refractivity contribution in [2.24, 2.45) is 11.7 Å². The summed E-state index contributed by atoms with van der Waals surface area (Å²) in [4.78, 5) is 14.2. The molecule has 4 nitrogen and oxygen atoms in total. The van der Waals surface area contributed by atoms with Crippen molar-refractivity contribution in [1.82, 2.24) is 10.2 Å². The van der Waals surface area contributed by atoms with Gasteiger partial charge in [0, 0.05) is 12.6 Å². The van der Waals surface area contributed by atoms with E-state index in [2.05, 4.69) is 10.2 Å². The SMILES string of the molecule is CC(C(=O)NC1CC1)N1CCCC(CN)C1.Cl. The first-order valence-electron chi connectivity index (χ1n) is 6.45. The summed E-state index contributed by atoms with van der Waals surface area (Å²) in [6, 6.07) is 0.472. The summed E-state index contributed by atoms with van der Waals surface area (Å²) < 4.78 is 0. The number of halogens is 1. The molecule has 2 atom stereocenters. The standard InChI is InChI=1S/C12H23N3O.ClH/c1-9(12(16)14-11-4-5-11)15-6-2-3-10(7-13)8-15;/h9-11H,2-8,13H2,1H3,(H,14,16);1H. The Morgan fingerprint density at radius 1 is 1.47 bits per heavy atom. The summed E-state index contributed by atoms with van der Waals surface area (Å²) in [5.41, 5.74) is 5.71. The van der Waals surface area contributed by atoms with E-state index in [1.165, 1.54) is 12.8 Å². The predicted octanol–water partition coefficient (Wildman–Crippen LogP) is 0.746. The van der Waals surface area contributed by atoms with Crippen molar-refractivity contribution in [1.29, 1.82) is 0 Å². The lowest BCUT2D eigenvalue weighted by Gasteiger charge is -2.35. The Kier molecular flexibility index (Phi) is 5.70. The highest BCUT2D eigenvalue weighted by Gasteiger charge is 2.30. The van der Waals surface area contributed by atoms with Gasteiger partial charge in [0.05, 0.1) is 6.04 Å². The number of carbonyl (C=O) groups excluding carboxylic acids is 1. The number of hydrogen-bond donors (Lipinski definition) is 2. The number of carbonyl (C=O) groups is 1. The maximum atomic E-state index is 11.9. The zero-order valence-corrected chi connectivity index (χ0v) is 11.3. The van der Waals surface area contributed by atoms with Gasteiger partial charge in [0.1, 0.15) is 0 Å². The molecule has 0 radical (unpaired) electrons. The molecule has 0 bridgehead atoms. The van der Waals surface area contributed by atoms with Crippen LogP contribution in [0.2, 0.25) is 0 Å². The lowest BCUT2D eigenvalue weighted by atomic mass is 9.97. The molecule has 3 N–H and O–H groups in total. The molecule has 0 aromatic rings. The van der Waals surface area contributed by atoms with Crippen LogP contribution in [-0.4, -0.2) is 42.5 Å². The number of likely N-dealkylation sites (tertiary alicyclic amines) is 1. The molecule has 2 fully saturated rings. The fourth-order valence-electron chi connectivity index (χ4n) is 2.36. The smallest absolute Gasteiger partial charge is 0.237 e. The lowest BCUT2D eigenvalue weighted by molar-refractivity contribution is -0.126. The molecule has 0 aromatic heterocycles. The zero-order valence-electron chi connectivity index (χ0n) is 10.5. The van der Waals surface area contributed by atoms with E-state index < -0.39 is 0 Å². The van der Waals surface area contributed by atoms with Gasteiger partial charge in [0.25, 0.3) is 0 Å². The molecule has 1 aliphatic heterocycles. The van der Waals surface area contributed by atoms with E-state index in [0.29, 0.717) is 12.0 Å². The van der Waals surface area contributed by atoms with Crippen molar-refractivity contribution >= 4 is 18.3 Å². The van der Waals surface area contributed by atoms with Crippen LogP contribution in [0.3, 0.4) is 0 Å². The Morgan fingerprint density at radius 2 is 2.18 bits per heavy atom. The molecule has 0 spiro atoms. The second-order valence-corrected chi connectivity index (χ2v) is 5.20. The molecule has 2 aliphatic rings. The minimum atomic E-state index is 0. The Hall–Kier alpha value is -0.320. The molecular formula is C12H24ClN3O. The normalized spacial score (nSPS) is 27.1. The van der Waals surface area contributed by atoms with E-state index in [9.17, 15) is 4.79 Å². The highest BCUT2D eigenvalue weighted by atomic mass is 35.5. The average molecular weight is 262 g/mol. The van der Waals surface area contributed by atoms with Crippen LogP contribution < -0.4 is 11.1 Å². The summed E-state index contributed by atoms with van der Waals surface area (Å²) in [6.07, 6.45) is 4.70. The number of nitrogens with one attached hydrogen (secondary N) is 1. The van der Waals surface area contributed by atoms with Crippen LogP contribution in [0.5, 0.6) is 0 Å². The molecule has 1 saturated carbocycles. The van der Waals surface area contributed by atoms with Crippen LogP contribution in [0.4, 0.5) is 0 Å². The van der Waals surface area contributed by atoms with Crippen molar-refractivity contribution < 1.29 is 4.79 Å². The van der Waals surface area contributed by atoms with Crippen LogP contribution >= 0.6 is 12.4 Å².